The smallest absolute Gasteiger partial charge is 0.255 e. The molecule has 0 aliphatic rings. The molecule has 1 amide bonds. The topological polar surface area (TPSA) is 65.5 Å². The van der Waals surface area contributed by atoms with Crippen molar-refractivity contribution in [3.63, 3.8) is 0 Å². The van der Waals surface area contributed by atoms with Crippen LogP contribution in [0.1, 0.15) is 43.0 Å². The molecule has 1 aromatic heterocycles. The lowest BCUT2D eigenvalue weighted by atomic mass is 10.2. The Balaban J connectivity index is 2.59. The molecule has 0 bridgehead atoms. The Kier molecular flexibility index (Phi) is 8.08. The van der Waals surface area contributed by atoms with Crippen LogP contribution in [0, 0.1) is 0 Å². The Morgan fingerprint density at radius 3 is 2.81 bits per heavy atom. The Morgan fingerprint density at radius 1 is 1.43 bits per heavy atom. The lowest BCUT2D eigenvalue weighted by molar-refractivity contribution is 0.0792. The van der Waals surface area contributed by atoms with Crippen molar-refractivity contribution in [2.75, 3.05) is 32.1 Å². The van der Waals surface area contributed by atoms with Crippen molar-refractivity contribution in [1.82, 2.24) is 9.88 Å². The van der Waals surface area contributed by atoms with Crippen LogP contribution < -0.4 is 5.32 Å². The summed E-state index contributed by atoms with van der Waals surface area (Å²) in [4.78, 5) is 18.1. The Hall–Kier alpha value is -1.33. The maximum absolute atomic E-state index is 12.2. The summed E-state index contributed by atoms with van der Waals surface area (Å²) in [6.07, 6.45) is 5.09. The highest BCUT2D eigenvalue weighted by Gasteiger charge is 2.13. The first-order chi connectivity index (χ1) is 10.1. The molecule has 21 heavy (non-hydrogen) atoms. The van der Waals surface area contributed by atoms with Crippen molar-refractivity contribution in [2.45, 2.75) is 32.6 Å². The van der Waals surface area contributed by atoms with Gasteiger partial charge in [-0.1, -0.05) is 18.5 Å². The molecule has 5 nitrogen and oxygen atoms in total. The third-order valence-electron chi connectivity index (χ3n) is 3.13. The number of aliphatic hydroxyl groups excluding tert-OH is 1. The van der Waals surface area contributed by atoms with Crippen molar-refractivity contribution in [3.05, 3.63) is 22.8 Å². The number of rotatable bonds is 9. The van der Waals surface area contributed by atoms with E-state index in [1.807, 2.05) is 0 Å². The van der Waals surface area contributed by atoms with Crippen LogP contribution in [-0.2, 0) is 0 Å². The molecule has 0 radical (unpaired) electrons. The predicted octanol–water partition coefficient (Wildman–Crippen LogP) is 2.79. The highest BCUT2D eigenvalue weighted by Crippen LogP contribution is 2.20. The number of nitrogens with one attached hydrogen (secondary N) is 1. The molecule has 0 fully saturated rings. The summed E-state index contributed by atoms with van der Waals surface area (Å²) >= 11 is 6.14. The molecule has 0 atom stereocenters. The van der Waals surface area contributed by atoms with Gasteiger partial charge in [-0.15, -0.1) is 0 Å². The molecule has 1 rings (SSSR count). The summed E-state index contributed by atoms with van der Waals surface area (Å²) in [5, 5.41) is 12.3. The molecule has 1 heterocycles. The summed E-state index contributed by atoms with van der Waals surface area (Å²) in [5.41, 5.74) is 0.492. The van der Waals surface area contributed by atoms with Gasteiger partial charge in [-0.25, -0.2) is 4.98 Å². The van der Waals surface area contributed by atoms with Crippen LogP contribution in [0.3, 0.4) is 0 Å². The number of hydrogen-bond acceptors (Lipinski definition) is 4. The number of anilines is 1. The molecule has 0 aliphatic heterocycles. The van der Waals surface area contributed by atoms with Gasteiger partial charge in [-0.2, -0.15) is 0 Å². The molecular formula is C15H24ClN3O2. The normalized spacial score (nSPS) is 10.5. The number of carbonyl (C=O) groups excluding carboxylic acids is 1. The fraction of sp³-hybridized carbons (Fsp3) is 0.600. The second-order valence-electron chi connectivity index (χ2n) is 4.99. The third kappa shape index (κ3) is 5.89. The van der Waals surface area contributed by atoms with Gasteiger partial charge in [0, 0.05) is 32.9 Å². The van der Waals surface area contributed by atoms with Crippen molar-refractivity contribution in [2.24, 2.45) is 0 Å². The first-order valence-electron chi connectivity index (χ1n) is 7.35. The molecule has 118 valence electrons. The SMILES string of the molecule is CCCNc1ncc(C(=O)N(C)CCCCCO)cc1Cl. The second kappa shape index (κ2) is 9.58. The number of halogens is 1. The molecule has 0 aliphatic carbocycles. The highest BCUT2D eigenvalue weighted by atomic mass is 35.5. The van der Waals surface area contributed by atoms with Gasteiger partial charge >= 0.3 is 0 Å². The molecule has 2 N–H and O–H groups in total. The van der Waals surface area contributed by atoms with Gasteiger partial charge in [0.05, 0.1) is 10.6 Å². The first kappa shape index (κ1) is 17.7. The van der Waals surface area contributed by atoms with Crippen molar-refractivity contribution >= 4 is 23.3 Å². The number of hydrogen-bond donors (Lipinski definition) is 2. The minimum Gasteiger partial charge on any atom is -0.396 e. The zero-order chi connectivity index (χ0) is 15.7. The van der Waals surface area contributed by atoms with Crippen LogP contribution in [0.4, 0.5) is 5.82 Å². The quantitative estimate of drug-likeness (QED) is 0.688. The van der Waals surface area contributed by atoms with Gasteiger partial charge in [0.2, 0.25) is 0 Å². The van der Waals surface area contributed by atoms with Crippen molar-refractivity contribution in [1.29, 1.82) is 0 Å². The van der Waals surface area contributed by atoms with Gasteiger partial charge in [0.1, 0.15) is 5.82 Å². The molecular weight excluding hydrogens is 290 g/mol. The van der Waals surface area contributed by atoms with E-state index in [0.29, 0.717) is 22.9 Å². The molecule has 0 aromatic carbocycles. The van der Waals surface area contributed by atoms with E-state index in [1.54, 1.807) is 24.2 Å². The number of carbonyl (C=O) groups is 1. The van der Waals surface area contributed by atoms with Crippen LogP contribution in [-0.4, -0.2) is 47.6 Å². The zero-order valence-electron chi connectivity index (χ0n) is 12.7. The number of unbranched alkanes of at least 4 members (excludes halogenated alkanes) is 2. The van der Waals surface area contributed by atoms with Crippen molar-refractivity contribution in [3.8, 4) is 0 Å². The van der Waals surface area contributed by atoms with Gasteiger partial charge in [-0.05, 0) is 31.7 Å². The van der Waals surface area contributed by atoms with Crippen LogP contribution in [0.5, 0.6) is 0 Å². The number of aromatic nitrogens is 1. The molecule has 0 spiro atoms. The van der Waals surface area contributed by atoms with E-state index in [4.69, 9.17) is 16.7 Å². The van der Waals surface area contributed by atoms with E-state index >= 15 is 0 Å². The molecule has 1 aromatic rings. The average Bonchev–Trinajstić information content (AvgIpc) is 2.49. The van der Waals surface area contributed by atoms with Gasteiger partial charge in [0.25, 0.3) is 5.91 Å². The summed E-state index contributed by atoms with van der Waals surface area (Å²) in [6, 6.07) is 1.65. The van der Waals surface area contributed by atoms with Crippen molar-refractivity contribution < 1.29 is 9.90 Å². The fourth-order valence-corrected chi connectivity index (χ4v) is 2.12. The lowest BCUT2D eigenvalue weighted by Gasteiger charge is -2.17. The number of aliphatic hydroxyl groups is 1. The maximum atomic E-state index is 12.2. The number of amides is 1. The maximum Gasteiger partial charge on any atom is 0.255 e. The van der Waals surface area contributed by atoms with E-state index in [1.165, 1.54) is 0 Å². The number of nitrogens with zero attached hydrogens (tertiary/aromatic N) is 2. The first-order valence-corrected chi connectivity index (χ1v) is 7.73. The van der Waals surface area contributed by atoms with E-state index in [2.05, 4.69) is 17.2 Å². The fourth-order valence-electron chi connectivity index (χ4n) is 1.89. The molecule has 0 unspecified atom stereocenters. The Morgan fingerprint density at radius 2 is 2.19 bits per heavy atom. The standard InChI is InChI=1S/C15H24ClN3O2/c1-3-7-17-14-13(16)10-12(11-18-14)15(21)19(2)8-5-4-6-9-20/h10-11,20H,3-9H2,1-2H3,(H,17,18). The predicted molar refractivity (Wildman–Crippen MR) is 85.9 cm³/mol. The van der Waals surface area contributed by atoms with Crippen LogP contribution >= 0.6 is 11.6 Å². The number of pyridine rings is 1. The summed E-state index contributed by atoms with van der Waals surface area (Å²) < 4.78 is 0. The summed E-state index contributed by atoms with van der Waals surface area (Å²) in [7, 11) is 1.76. The minimum atomic E-state index is -0.0876. The third-order valence-corrected chi connectivity index (χ3v) is 3.42. The summed E-state index contributed by atoms with van der Waals surface area (Å²) in [6.45, 7) is 3.71. The van der Waals surface area contributed by atoms with E-state index in [0.717, 1.165) is 32.2 Å². The van der Waals surface area contributed by atoms with Gasteiger partial charge in [0.15, 0.2) is 0 Å². The average molecular weight is 314 g/mol. The van der Waals surface area contributed by atoms with Gasteiger partial charge in [-0.3, -0.25) is 4.79 Å². The largest absolute Gasteiger partial charge is 0.396 e. The summed E-state index contributed by atoms with van der Waals surface area (Å²) in [5.74, 6) is 0.524. The monoisotopic (exact) mass is 313 g/mol. The Labute approximate surface area is 131 Å². The van der Waals surface area contributed by atoms with Crippen LogP contribution in [0.2, 0.25) is 5.02 Å². The minimum absolute atomic E-state index is 0.0876. The lowest BCUT2D eigenvalue weighted by Crippen LogP contribution is -2.28. The van der Waals surface area contributed by atoms with Crippen LogP contribution in [0.25, 0.3) is 0 Å². The van der Waals surface area contributed by atoms with E-state index in [9.17, 15) is 4.79 Å². The van der Waals surface area contributed by atoms with E-state index < -0.39 is 0 Å². The second-order valence-corrected chi connectivity index (χ2v) is 5.40. The molecule has 0 saturated heterocycles. The van der Waals surface area contributed by atoms with Crippen LogP contribution in [0.15, 0.2) is 12.3 Å². The highest BCUT2D eigenvalue weighted by molar-refractivity contribution is 6.33. The Bertz CT molecular complexity index is 455. The van der Waals surface area contributed by atoms with E-state index in [-0.39, 0.29) is 12.5 Å². The molecule has 6 heteroatoms. The molecule has 0 saturated carbocycles. The van der Waals surface area contributed by atoms with Gasteiger partial charge < -0.3 is 15.3 Å². The zero-order valence-corrected chi connectivity index (χ0v) is 13.5.